The van der Waals surface area contributed by atoms with Gasteiger partial charge in [-0.3, -0.25) is 4.90 Å². The number of nitrogens with zero attached hydrogens (tertiary/aromatic N) is 2. The number of anilines is 1. The molecule has 0 saturated carbocycles. The highest BCUT2D eigenvalue weighted by atomic mass is 79.9. The quantitative estimate of drug-likeness (QED) is 0.837. The Labute approximate surface area is 129 Å². The van der Waals surface area contributed by atoms with Crippen LogP contribution in [-0.4, -0.2) is 36.3 Å². The summed E-state index contributed by atoms with van der Waals surface area (Å²) >= 11 is 3.61. The molecule has 0 radical (unpaired) electrons. The fourth-order valence-electron chi connectivity index (χ4n) is 3.91. The average molecular weight is 337 g/mol. The Kier molecular flexibility index (Phi) is 3.33. The monoisotopic (exact) mass is 336 g/mol. The van der Waals surface area contributed by atoms with E-state index in [1.165, 1.54) is 11.3 Å². The Morgan fingerprint density at radius 3 is 2.95 bits per heavy atom. The van der Waals surface area contributed by atoms with Gasteiger partial charge >= 0.3 is 0 Å². The van der Waals surface area contributed by atoms with E-state index in [0.717, 1.165) is 24.0 Å². The van der Waals surface area contributed by atoms with Gasteiger partial charge in [-0.05, 0) is 47.0 Å². The van der Waals surface area contributed by atoms with Gasteiger partial charge in [-0.1, -0.05) is 19.1 Å². The van der Waals surface area contributed by atoms with Gasteiger partial charge in [-0.2, -0.15) is 0 Å². The Balaban J connectivity index is 2.07. The summed E-state index contributed by atoms with van der Waals surface area (Å²) in [5, 5.41) is 9.93. The summed E-state index contributed by atoms with van der Waals surface area (Å²) < 4.78 is 0.983. The smallest absolute Gasteiger partial charge is 0.117 e. The largest absolute Gasteiger partial charge is 0.508 e. The minimum Gasteiger partial charge on any atom is -0.508 e. The molecule has 3 rings (SSSR count). The van der Waals surface area contributed by atoms with Crippen molar-refractivity contribution in [1.29, 1.82) is 0 Å². The Bertz CT molecular complexity index is 572. The first kappa shape index (κ1) is 14.0. The molecule has 1 saturated heterocycles. The zero-order valence-corrected chi connectivity index (χ0v) is 13.8. The maximum absolute atomic E-state index is 9.93. The molecule has 0 spiro atoms. The molecule has 1 aromatic carbocycles. The van der Waals surface area contributed by atoms with Crippen LogP contribution in [0.4, 0.5) is 5.69 Å². The number of phenols is 1. The number of halogens is 1. The van der Waals surface area contributed by atoms with Crippen molar-refractivity contribution in [2.24, 2.45) is 0 Å². The van der Waals surface area contributed by atoms with Crippen LogP contribution in [0.3, 0.4) is 0 Å². The summed E-state index contributed by atoms with van der Waals surface area (Å²) in [6.07, 6.45) is 5.82. The normalized spacial score (nSPS) is 29.2. The van der Waals surface area contributed by atoms with E-state index < -0.39 is 0 Å². The van der Waals surface area contributed by atoms with Crippen molar-refractivity contribution in [2.45, 2.75) is 31.8 Å². The summed E-state index contributed by atoms with van der Waals surface area (Å²) in [7, 11) is 2.16. The lowest BCUT2D eigenvalue weighted by Gasteiger charge is -2.34. The van der Waals surface area contributed by atoms with Gasteiger partial charge in [-0.25, -0.2) is 0 Å². The number of aromatic hydroxyl groups is 1. The Morgan fingerprint density at radius 2 is 2.25 bits per heavy atom. The van der Waals surface area contributed by atoms with Crippen molar-refractivity contribution in [1.82, 2.24) is 4.90 Å². The molecule has 1 unspecified atom stereocenters. The molecule has 1 N–H and O–H groups in total. The lowest BCUT2D eigenvalue weighted by Crippen LogP contribution is -2.47. The second kappa shape index (κ2) is 4.78. The first-order valence-electron chi connectivity index (χ1n) is 7.10. The molecule has 0 aliphatic carbocycles. The van der Waals surface area contributed by atoms with Crippen LogP contribution in [0.15, 0.2) is 28.8 Å². The van der Waals surface area contributed by atoms with Crippen molar-refractivity contribution in [3.8, 4) is 5.75 Å². The molecule has 2 aliphatic heterocycles. The van der Waals surface area contributed by atoms with Crippen LogP contribution >= 0.6 is 15.9 Å². The summed E-state index contributed by atoms with van der Waals surface area (Å²) in [6, 6.07) is 3.73. The second-order valence-corrected chi connectivity index (χ2v) is 6.89. The van der Waals surface area contributed by atoms with E-state index in [1.807, 2.05) is 6.07 Å². The van der Waals surface area contributed by atoms with Crippen LogP contribution in [0.1, 0.15) is 25.8 Å². The first-order valence-corrected chi connectivity index (χ1v) is 7.89. The molecule has 1 aromatic rings. The third-order valence-electron chi connectivity index (χ3n) is 4.79. The van der Waals surface area contributed by atoms with Crippen LogP contribution in [0.25, 0.3) is 0 Å². The van der Waals surface area contributed by atoms with E-state index in [4.69, 9.17) is 0 Å². The highest BCUT2D eigenvalue weighted by molar-refractivity contribution is 9.10. The van der Waals surface area contributed by atoms with Gasteiger partial charge in [0, 0.05) is 30.0 Å². The molecule has 2 atom stereocenters. The summed E-state index contributed by atoms with van der Waals surface area (Å²) in [4.78, 5) is 4.87. The van der Waals surface area contributed by atoms with E-state index in [2.05, 4.69) is 58.8 Å². The van der Waals surface area contributed by atoms with Crippen molar-refractivity contribution in [3.05, 3.63) is 34.3 Å². The number of hydrogen-bond donors (Lipinski definition) is 1. The van der Waals surface area contributed by atoms with E-state index in [0.29, 0.717) is 11.9 Å². The SMILES string of the molecule is CC=CCN1CC[C@@]2(C)c3cc(O)cc(Br)c3N(C)C12. The summed E-state index contributed by atoms with van der Waals surface area (Å²) in [5.41, 5.74) is 2.58. The summed E-state index contributed by atoms with van der Waals surface area (Å²) in [5.74, 6) is 0.345. The maximum Gasteiger partial charge on any atom is 0.117 e. The number of likely N-dealkylation sites (N-methyl/N-ethyl adjacent to an activating group) is 1. The first-order chi connectivity index (χ1) is 9.49. The standard InChI is InChI=1S/C16H21BrN2O/c1-4-5-7-19-8-6-16(2)12-9-11(20)10-13(17)14(12)18(3)15(16)19/h4-5,9-10,15,20H,6-8H2,1-3H3/t15?,16-/m0/s1. The molecular formula is C16H21BrN2O. The van der Waals surface area contributed by atoms with Crippen molar-refractivity contribution in [3.63, 3.8) is 0 Å². The average Bonchev–Trinajstić information content (AvgIpc) is 2.82. The molecule has 1 fully saturated rings. The highest BCUT2D eigenvalue weighted by Crippen LogP contribution is 2.54. The molecular weight excluding hydrogens is 316 g/mol. The second-order valence-electron chi connectivity index (χ2n) is 6.04. The molecule has 2 heterocycles. The Morgan fingerprint density at radius 1 is 1.50 bits per heavy atom. The van der Waals surface area contributed by atoms with Gasteiger partial charge < -0.3 is 10.0 Å². The zero-order valence-electron chi connectivity index (χ0n) is 12.2. The maximum atomic E-state index is 9.93. The Hall–Kier alpha value is -1.00. The van der Waals surface area contributed by atoms with Crippen molar-refractivity contribution >= 4 is 21.6 Å². The highest BCUT2D eigenvalue weighted by Gasteiger charge is 2.53. The molecule has 108 valence electrons. The van der Waals surface area contributed by atoms with E-state index in [-0.39, 0.29) is 5.41 Å². The summed E-state index contributed by atoms with van der Waals surface area (Å²) in [6.45, 7) is 6.47. The third-order valence-corrected chi connectivity index (χ3v) is 5.40. The number of fused-ring (bicyclic) bond motifs is 3. The number of phenolic OH excluding ortho intramolecular Hbond substituents is 1. The molecule has 0 amide bonds. The van der Waals surface area contributed by atoms with Gasteiger partial charge in [0.15, 0.2) is 0 Å². The minimum absolute atomic E-state index is 0.0902. The lowest BCUT2D eigenvalue weighted by molar-refractivity contribution is 0.244. The van der Waals surface area contributed by atoms with Crippen LogP contribution in [0, 0.1) is 0 Å². The van der Waals surface area contributed by atoms with Gasteiger partial charge in [0.05, 0.1) is 11.9 Å². The number of likely N-dealkylation sites (tertiary alicyclic amines) is 1. The zero-order chi connectivity index (χ0) is 14.5. The van der Waals surface area contributed by atoms with Gasteiger partial charge in [-0.15, -0.1) is 0 Å². The van der Waals surface area contributed by atoms with E-state index in [9.17, 15) is 5.11 Å². The van der Waals surface area contributed by atoms with Gasteiger partial charge in [0.2, 0.25) is 0 Å². The van der Waals surface area contributed by atoms with Gasteiger partial charge in [0.1, 0.15) is 5.75 Å². The van der Waals surface area contributed by atoms with Crippen LogP contribution in [-0.2, 0) is 5.41 Å². The molecule has 4 heteroatoms. The fraction of sp³-hybridized carbons (Fsp3) is 0.500. The minimum atomic E-state index is 0.0902. The molecule has 20 heavy (non-hydrogen) atoms. The third kappa shape index (κ3) is 1.81. The fourth-order valence-corrected chi connectivity index (χ4v) is 4.64. The van der Waals surface area contributed by atoms with E-state index in [1.54, 1.807) is 6.07 Å². The van der Waals surface area contributed by atoms with Crippen molar-refractivity contribution in [2.75, 3.05) is 25.0 Å². The van der Waals surface area contributed by atoms with Gasteiger partial charge in [0.25, 0.3) is 0 Å². The topological polar surface area (TPSA) is 26.7 Å². The number of rotatable bonds is 2. The lowest BCUT2D eigenvalue weighted by atomic mass is 9.81. The number of allylic oxidation sites excluding steroid dienone is 1. The van der Waals surface area contributed by atoms with Crippen LogP contribution in [0.2, 0.25) is 0 Å². The van der Waals surface area contributed by atoms with Crippen LogP contribution < -0.4 is 4.90 Å². The molecule has 0 bridgehead atoms. The van der Waals surface area contributed by atoms with E-state index >= 15 is 0 Å². The number of benzene rings is 1. The van der Waals surface area contributed by atoms with Crippen molar-refractivity contribution < 1.29 is 5.11 Å². The van der Waals surface area contributed by atoms with Crippen LogP contribution in [0.5, 0.6) is 5.75 Å². The molecule has 0 aromatic heterocycles. The predicted molar refractivity (Wildman–Crippen MR) is 86.4 cm³/mol. The predicted octanol–water partition coefficient (Wildman–Crippen LogP) is 3.47. The molecule has 2 aliphatic rings. The number of hydrogen-bond acceptors (Lipinski definition) is 3. The molecule has 3 nitrogen and oxygen atoms in total.